The van der Waals surface area contributed by atoms with Crippen molar-refractivity contribution in [1.82, 2.24) is 0 Å². The molecule has 0 atom stereocenters. The van der Waals surface area contributed by atoms with Gasteiger partial charge in [0.15, 0.2) is 18.4 Å². The summed E-state index contributed by atoms with van der Waals surface area (Å²) in [6, 6.07) is 9.05. The van der Waals surface area contributed by atoms with Crippen LogP contribution >= 0.6 is 0 Å². The smallest absolute Gasteiger partial charge is 0.195 e. The molecule has 0 unspecified atom stereocenters. The Kier molecular flexibility index (Phi) is 4.32. The lowest BCUT2D eigenvalue weighted by Gasteiger charge is -2.29. The number of hydrogen-bond donors (Lipinski definition) is 0. The summed E-state index contributed by atoms with van der Waals surface area (Å²) in [4.78, 5) is 26.7. The van der Waals surface area contributed by atoms with Crippen LogP contribution in [0.5, 0.6) is 11.5 Å². The molecule has 0 N–H and O–H groups in total. The van der Waals surface area contributed by atoms with Gasteiger partial charge in [0.1, 0.15) is 11.5 Å². The van der Waals surface area contributed by atoms with Crippen molar-refractivity contribution in [2.45, 2.75) is 19.8 Å². The Morgan fingerprint density at radius 3 is 2.52 bits per heavy atom. The number of ether oxygens (including phenoxy) is 3. The lowest BCUT2D eigenvalue weighted by molar-refractivity contribution is 0.0502. The molecule has 0 heterocycles. The van der Waals surface area contributed by atoms with Crippen LogP contribution in [0.25, 0.3) is 5.57 Å². The molecular weight excluding hydrogens is 344 g/mol. The Bertz CT molecular complexity index is 1000. The maximum atomic E-state index is 13.4. The highest BCUT2D eigenvalue weighted by atomic mass is 16.7. The fourth-order valence-electron chi connectivity index (χ4n) is 3.96. The fraction of sp³-hybridized carbons (Fsp3) is 0.273. The van der Waals surface area contributed by atoms with E-state index < -0.39 is 0 Å². The third-order valence-corrected chi connectivity index (χ3v) is 5.08. The van der Waals surface area contributed by atoms with Crippen molar-refractivity contribution in [1.29, 1.82) is 0 Å². The van der Waals surface area contributed by atoms with Crippen molar-refractivity contribution < 1.29 is 23.8 Å². The molecular formula is C22H20O5. The molecule has 138 valence electrons. The van der Waals surface area contributed by atoms with Crippen molar-refractivity contribution in [3.63, 3.8) is 0 Å². The minimum atomic E-state index is -0.162. The number of benzene rings is 2. The largest absolute Gasteiger partial charge is 0.496 e. The summed E-state index contributed by atoms with van der Waals surface area (Å²) < 4.78 is 16.0. The first-order valence-corrected chi connectivity index (χ1v) is 8.82. The van der Waals surface area contributed by atoms with Crippen LogP contribution in [0.4, 0.5) is 0 Å². The zero-order valence-electron chi connectivity index (χ0n) is 15.5. The minimum absolute atomic E-state index is 0.0137. The van der Waals surface area contributed by atoms with Crippen LogP contribution in [0.3, 0.4) is 0 Å². The van der Waals surface area contributed by atoms with Crippen molar-refractivity contribution >= 4 is 17.1 Å². The van der Waals surface area contributed by atoms with Gasteiger partial charge in [0.2, 0.25) is 0 Å². The summed E-state index contributed by atoms with van der Waals surface area (Å²) in [6.07, 6.45) is 1.22. The van der Waals surface area contributed by atoms with E-state index in [0.29, 0.717) is 46.6 Å². The first kappa shape index (κ1) is 17.5. The third kappa shape index (κ3) is 2.66. The van der Waals surface area contributed by atoms with Crippen LogP contribution in [0.1, 0.15) is 43.8 Å². The number of ketones is 2. The van der Waals surface area contributed by atoms with Gasteiger partial charge < -0.3 is 14.2 Å². The molecule has 0 saturated carbocycles. The van der Waals surface area contributed by atoms with Gasteiger partial charge in [-0.3, -0.25) is 9.59 Å². The molecule has 0 bridgehead atoms. The van der Waals surface area contributed by atoms with Gasteiger partial charge in [-0.1, -0.05) is 18.2 Å². The van der Waals surface area contributed by atoms with Crippen LogP contribution in [0.2, 0.25) is 0 Å². The molecule has 5 nitrogen and oxygen atoms in total. The molecule has 0 spiro atoms. The van der Waals surface area contributed by atoms with Crippen molar-refractivity contribution in [2.75, 3.05) is 21.0 Å². The highest BCUT2D eigenvalue weighted by Crippen LogP contribution is 2.45. The second kappa shape index (κ2) is 6.67. The lowest BCUT2D eigenvalue weighted by Crippen LogP contribution is -2.26. The first-order chi connectivity index (χ1) is 13.1. The molecule has 2 aliphatic carbocycles. The second-order valence-corrected chi connectivity index (χ2v) is 6.74. The average Bonchev–Trinajstić information content (AvgIpc) is 2.68. The monoisotopic (exact) mass is 364 g/mol. The van der Waals surface area contributed by atoms with Gasteiger partial charge in [0.05, 0.1) is 12.7 Å². The number of carbonyl (C=O) groups is 2. The van der Waals surface area contributed by atoms with E-state index in [1.165, 1.54) is 7.11 Å². The highest BCUT2D eigenvalue weighted by Gasteiger charge is 2.38. The SMILES string of the molecule is COCOc1cccc2c1C(=O)C1=C(C2=O)c2c(cc(C)cc2OC)CC1. The van der Waals surface area contributed by atoms with Crippen molar-refractivity contribution in [3.05, 3.63) is 63.7 Å². The summed E-state index contributed by atoms with van der Waals surface area (Å²) in [7, 11) is 3.10. The van der Waals surface area contributed by atoms with E-state index in [1.54, 1.807) is 25.3 Å². The summed E-state index contributed by atoms with van der Waals surface area (Å²) in [5.41, 5.74) is 4.55. The minimum Gasteiger partial charge on any atom is -0.496 e. The summed E-state index contributed by atoms with van der Waals surface area (Å²) >= 11 is 0. The second-order valence-electron chi connectivity index (χ2n) is 6.74. The van der Waals surface area contributed by atoms with E-state index in [4.69, 9.17) is 14.2 Å². The fourth-order valence-corrected chi connectivity index (χ4v) is 3.96. The van der Waals surface area contributed by atoms with E-state index in [-0.39, 0.29) is 18.4 Å². The number of fused-ring (bicyclic) bond motifs is 3. The number of methoxy groups -OCH3 is 2. The lowest BCUT2D eigenvalue weighted by atomic mass is 9.74. The zero-order valence-corrected chi connectivity index (χ0v) is 15.5. The molecule has 27 heavy (non-hydrogen) atoms. The topological polar surface area (TPSA) is 61.8 Å². The van der Waals surface area contributed by atoms with Gasteiger partial charge in [-0.15, -0.1) is 0 Å². The van der Waals surface area contributed by atoms with Crippen molar-refractivity contribution in [3.8, 4) is 11.5 Å². The number of hydrogen-bond acceptors (Lipinski definition) is 5. The van der Waals surface area contributed by atoms with Gasteiger partial charge in [-0.05, 0) is 43.0 Å². The maximum absolute atomic E-state index is 13.4. The van der Waals surface area contributed by atoms with Gasteiger partial charge in [-0.25, -0.2) is 0 Å². The van der Waals surface area contributed by atoms with E-state index >= 15 is 0 Å². The highest BCUT2D eigenvalue weighted by molar-refractivity contribution is 6.41. The molecule has 0 amide bonds. The molecule has 2 aromatic rings. The Balaban J connectivity index is 1.93. The van der Waals surface area contributed by atoms with E-state index in [1.807, 2.05) is 13.0 Å². The maximum Gasteiger partial charge on any atom is 0.195 e. The van der Waals surface area contributed by atoms with Crippen LogP contribution in [0.15, 0.2) is 35.9 Å². The molecule has 0 fully saturated rings. The molecule has 0 aliphatic heterocycles. The molecule has 2 aromatic carbocycles. The van der Waals surface area contributed by atoms with Crippen LogP contribution in [0, 0.1) is 6.92 Å². The molecule has 4 rings (SSSR count). The van der Waals surface area contributed by atoms with Crippen LogP contribution in [-0.4, -0.2) is 32.6 Å². The summed E-state index contributed by atoms with van der Waals surface area (Å²) in [5, 5.41) is 0. The Labute approximate surface area is 157 Å². The van der Waals surface area contributed by atoms with Crippen LogP contribution in [-0.2, 0) is 11.2 Å². The predicted octanol–water partition coefficient (Wildman–Crippen LogP) is 3.77. The molecule has 2 aliphatic rings. The summed E-state index contributed by atoms with van der Waals surface area (Å²) in [5.74, 6) is 0.694. The van der Waals surface area contributed by atoms with E-state index in [9.17, 15) is 9.59 Å². The molecule has 0 radical (unpaired) electrons. The number of rotatable bonds is 4. The number of aryl methyl sites for hydroxylation is 2. The van der Waals surface area contributed by atoms with Gasteiger partial charge in [0.25, 0.3) is 0 Å². The van der Waals surface area contributed by atoms with Gasteiger partial charge in [0, 0.05) is 29.4 Å². The quantitative estimate of drug-likeness (QED) is 0.773. The average molecular weight is 364 g/mol. The third-order valence-electron chi connectivity index (χ3n) is 5.08. The summed E-state index contributed by atoms with van der Waals surface area (Å²) in [6.45, 7) is 2.01. The Hall–Kier alpha value is -2.92. The molecule has 5 heteroatoms. The van der Waals surface area contributed by atoms with Crippen molar-refractivity contribution in [2.24, 2.45) is 0 Å². The number of allylic oxidation sites excluding steroid dienone is 2. The standard InChI is InChI=1S/C22H20O5/c1-12-9-13-7-8-15-20(18(13)17(10-12)26-3)22(24)14-5-4-6-16(27-11-25-2)19(14)21(15)23/h4-6,9-10H,7-8,11H2,1-3H3. The normalized spacial score (nSPS) is 15.2. The van der Waals surface area contributed by atoms with Gasteiger partial charge in [-0.2, -0.15) is 0 Å². The van der Waals surface area contributed by atoms with E-state index in [2.05, 4.69) is 6.07 Å². The van der Waals surface area contributed by atoms with Crippen LogP contribution < -0.4 is 9.47 Å². The number of carbonyl (C=O) groups excluding carboxylic acids is 2. The number of Topliss-reactive ketones (excluding diaryl/α,β-unsaturated/α-hetero) is 2. The Morgan fingerprint density at radius 2 is 1.78 bits per heavy atom. The van der Waals surface area contributed by atoms with E-state index in [0.717, 1.165) is 16.7 Å². The predicted molar refractivity (Wildman–Crippen MR) is 101 cm³/mol. The molecule has 0 aromatic heterocycles. The Morgan fingerprint density at radius 1 is 0.963 bits per heavy atom. The van der Waals surface area contributed by atoms with Gasteiger partial charge >= 0.3 is 0 Å². The first-order valence-electron chi connectivity index (χ1n) is 8.82. The molecule has 0 saturated heterocycles. The zero-order chi connectivity index (χ0) is 19.1.